The molecule has 1 aliphatic heterocycles. The van der Waals surface area contributed by atoms with E-state index in [1.165, 1.54) is 11.1 Å². The summed E-state index contributed by atoms with van der Waals surface area (Å²) >= 11 is 0. The van der Waals surface area contributed by atoms with Crippen LogP contribution in [0.25, 0.3) is 0 Å². The summed E-state index contributed by atoms with van der Waals surface area (Å²) in [4.78, 5) is 29.9. The van der Waals surface area contributed by atoms with Gasteiger partial charge in [0.25, 0.3) is 5.91 Å². The molecule has 0 spiro atoms. The first-order chi connectivity index (χ1) is 14.1. The molecule has 150 valence electrons. The van der Waals surface area contributed by atoms with Crippen molar-refractivity contribution in [2.75, 3.05) is 11.4 Å². The molecule has 29 heavy (non-hydrogen) atoms. The topological polar surface area (TPSA) is 49.9 Å². The molecule has 0 saturated heterocycles. The molecule has 2 amide bonds. The molecule has 5 nitrogen and oxygen atoms in total. The van der Waals surface area contributed by atoms with E-state index in [1.54, 1.807) is 11.8 Å². The van der Waals surface area contributed by atoms with E-state index in [0.29, 0.717) is 24.8 Å². The lowest BCUT2D eigenvalue weighted by Crippen LogP contribution is -2.46. The average molecular weight is 390 g/mol. The van der Waals surface area contributed by atoms with Crippen molar-refractivity contribution >= 4 is 17.5 Å². The number of carbonyl (C=O) groups excluding carboxylic acids is 2. The summed E-state index contributed by atoms with van der Waals surface area (Å²) in [6.07, 6.45) is 4.01. The van der Waals surface area contributed by atoms with E-state index in [0.717, 1.165) is 31.4 Å². The van der Waals surface area contributed by atoms with Gasteiger partial charge in [0.15, 0.2) is 6.10 Å². The summed E-state index contributed by atoms with van der Waals surface area (Å²) in [5.74, 6) is 0.773. The molecule has 0 bridgehead atoms. The van der Waals surface area contributed by atoms with Gasteiger partial charge in [-0.05, 0) is 55.9 Å². The molecule has 2 aliphatic carbocycles. The molecule has 0 N–H and O–H groups in total. The highest BCUT2D eigenvalue weighted by Gasteiger charge is 2.40. The molecular formula is C24H26N2O3. The first-order valence-corrected chi connectivity index (χ1v) is 10.6. The Bertz CT molecular complexity index is 953. The van der Waals surface area contributed by atoms with E-state index >= 15 is 0 Å². The minimum atomic E-state index is -0.527. The molecule has 3 aliphatic rings. The Morgan fingerprint density at radius 2 is 1.86 bits per heavy atom. The third kappa shape index (κ3) is 3.28. The molecule has 5 heteroatoms. The van der Waals surface area contributed by atoms with Gasteiger partial charge >= 0.3 is 0 Å². The Morgan fingerprint density at radius 3 is 2.69 bits per heavy atom. The molecule has 0 aromatic heterocycles. The van der Waals surface area contributed by atoms with Crippen LogP contribution in [0.3, 0.4) is 0 Å². The van der Waals surface area contributed by atoms with E-state index in [-0.39, 0.29) is 17.9 Å². The van der Waals surface area contributed by atoms with Crippen LogP contribution in [0.1, 0.15) is 49.8 Å². The quantitative estimate of drug-likeness (QED) is 0.779. The third-order valence-corrected chi connectivity index (χ3v) is 6.29. The first kappa shape index (κ1) is 18.2. The Kier molecular flexibility index (Phi) is 4.53. The van der Waals surface area contributed by atoms with Gasteiger partial charge in [0.05, 0.1) is 11.7 Å². The summed E-state index contributed by atoms with van der Waals surface area (Å²) in [6.45, 7) is 2.15. The van der Waals surface area contributed by atoms with Crippen LogP contribution in [-0.2, 0) is 16.0 Å². The van der Waals surface area contributed by atoms with Crippen molar-refractivity contribution in [1.82, 2.24) is 4.90 Å². The van der Waals surface area contributed by atoms with E-state index in [2.05, 4.69) is 29.2 Å². The second-order valence-electron chi connectivity index (χ2n) is 8.25. The van der Waals surface area contributed by atoms with Gasteiger partial charge in [0.1, 0.15) is 5.75 Å². The van der Waals surface area contributed by atoms with Crippen LogP contribution in [0.5, 0.6) is 5.75 Å². The molecule has 2 aromatic carbocycles. The predicted octanol–water partition coefficient (Wildman–Crippen LogP) is 3.87. The van der Waals surface area contributed by atoms with Crippen molar-refractivity contribution in [3.05, 3.63) is 59.7 Å². The highest BCUT2D eigenvalue weighted by atomic mass is 16.5. The number of para-hydroxylation sites is 2. The lowest BCUT2D eigenvalue weighted by Gasteiger charge is -2.34. The molecule has 0 radical (unpaired) electrons. The van der Waals surface area contributed by atoms with E-state index in [9.17, 15) is 9.59 Å². The van der Waals surface area contributed by atoms with Gasteiger partial charge < -0.3 is 14.5 Å². The van der Waals surface area contributed by atoms with Gasteiger partial charge in [0, 0.05) is 19.0 Å². The number of anilines is 1. The third-order valence-electron chi connectivity index (χ3n) is 6.29. The number of nitrogens with zero attached hydrogens (tertiary/aromatic N) is 2. The number of carbonyl (C=O) groups is 2. The molecule has 2 unspecified atom stereocenters. The largest absolute Gasteiger partial charge is 0.479 e. The number of rotatable bonds is 5. The SMILES string of the molecule is CC1Oc2ccccc2N(CCC(=O)N(C2CC2)C2CCc3ccccc32)C1=O. The molecule has 2 aromatic rings. The average Bonchev–Trinajstić information content (AvgIpc) is 3.48. The highest BCUT2D eigenvalue weighted by molar-refractivity contribution is 6.00. The first-order valence-electron chi connectivity index (χ1n) is 10.6. The number of fused-ring (bicyclic) bond motifs is 2. The van der Waals surface area contributed by atoms with Crippen molar-refractivity contribution in [3.63, 3.8) is 0 Å². The van der Waals surface area contributed by atoms with E-state index in [4.69, 9.17) is 4.74 Å². The predicted molar refractivity (Wildman–Crippen MR) is 111 cm³/mol. The van der Waals surface area contributed by atoms with Gasteiger partial charge in [-0.25, -0.2) is 0 Å². The molecule has 2 atom stereocenters. The maximum atomic E-state index is 13.3. The maximum absolute atomic E-state index is 13.3. The van der Waals surface area contributed by atoms with Crippen molar-refractivity contribution in [1.29, 1.82) is 0 Å². The fourth-order valence-electron chi connectivity index (χ4n) is 4.73. The van der Waals surface area contributed by atoms with Crippen molar-refractivity contribution in [2.24, 2.45) is 0 Å². The second-order valence-corrected chi connectivity index (χ2v) is 8.25. The number of benzene rings is 2. The number of amides is 2. The van der Waals surface area contributed by atoms with Crippen LogP contribution in [0.2, 0.25) is 0 Å². The zero-order valence-electron chi connectivity index (χ0n) is 16.7. The lowest BCUT2D eigenvalue weighted by molar-refractivity contribution is -0.134. The van der Waals surface area contributed by atoms with Crippen molar-refractivity contribution in [2.45, 2.75) is 57.2 Å². The van der Waals surface area contributed by atoms with Crippen LogP contribution >= 0.6 is 0 Å². The second kappa shape index (κ2) is 7.21. The maximum Gasteiger partial charge on any atom is 0.267 e. The zero-order chi connectivity index (χ0) is 20.0. The number of ether oxygens (including phenoxy) is 1. The van der Waals surface area contributed by atoms with Crippen molar-refractivity contribution in [3.8, 4) is 5.75 Å². The van der Waals surface area contributed by atoms with Crippen LogP contribution in [-0.4, -0.2) is 35.4 Å². The summed E-state index contributed by atoms with van der Waals surface area (Å²) in [5.41, 5.74) is 3.42. The monoisotopic (exact) mass is 390 g/mol. The minimum absolute atomic E-state index is 0.0827. The Labute approximate surface area is 171 Å². The Hall–Kier alpha value is -2.82. The van der Waals surface area contributed by atoms with Gasteiger partial charge in [-0.1, -0.05) is 36.4 Å². The molecular weight excluding hydrogens is 364 g/mol. The van der Waals surface area contributed by atoms with Crippen LogP contribution in [0.4, 0.5) is 5.69 Å². The van der Waals surface area contributed by atoms with Gasteiger partial charge in [-0.2, -0.15) is 0 Å². The van der Waals surface area contributed by atoms with Gasteiger partial charge in [-0.3, -0.25) is 9.59 Å². The standard InChI is InChI=1S/C24H26N2O3/c1-16-24(28)25(21-8-4-5-9-22(21)29-16)15-14-23(27)26(18-11-12-18)20-13-10-17-6-2-3-7-19(17)20/h2-9,16,18,20H,10-15H2,1H3. The van der Waals surface area contributed by atoms with Crippen LogP contribution in [0, 0.1) is 0 Å². The smallest absolute Gasteiger partial charge is 0.267 e. The van der Waals surface area contributed by atoms with Crippen molar-refractivity contribution < 1.29 is 14.3 Å². The van der Waals surface area contributed by atoms with Crippen LogP contribution < -0.4 is 9.64 Å². The van der Waals surface area contributed by atoms with Gasteiger partial charge in [0.2, 0.25) is 5.91 Å². The lowest BCUT2D eigenvalue weighted by atomic mass is 10.1. The summed E-state index contributed by atoms with van der Waals surface area (Å²) < 4.78 is 5.71. The molecule has 1 heterocycles. The highest BCUT2D eigenvalue weighted by Crippen LogP contribution is 2.42. The Morgan fingerprint density at radius 1 is 1.10 bits per heavy atom. The molecule has 5 rings (SSSR count). The minimum Gasteiger partial charge on any atom is -0.479 e. The van der Waals surface area contributed by atoms with E-state index in [1.807, 2.05) is 24.3 Å². The number of aryl methyl sites for hydroxylation is 1. The fraction of sp³-hybridized carbons (Fsp3) is 0.417. The molecule has 1 fully saturated rings. The van der Waals surface area contributed by atoms with E-state index < -0.39 is 6.10 Å². The fourth-order valence-corrected chi connectivity index (χ4v) is 4.73. The summed E-state index contributed by atoms with van der Waals surface area (Å²) in [7, 11) is 0. The normalized spacial score (nSPS) is 22.7. The van der Waals surface area contributed by atoms with Crippen LogP contribution in [0.15, 0.2) is 48.5 Å². The summed E-state index contributed by atoms with van der Waals surface area (Å²) in [6, 6.07) is 16.6. The Balaban J connectivity index is 1.34. The molecule has 1 saturated carbocycles. The number of hydrogen-bond acceptors (Lipinski definition) is 3. The number of hydrogen-bond donors (Lipinski definition) is 0. The summed E-state index contributed by atoms with van der Waals surface area (Å²) in [5, 5.41) is 0. The van der Waals surface area contributed by atoms with Gasteiger partial charge in [-0.15, -0.1) is 0 Å². The zero-order valence-corrected chi connectivity index (χ0v) is 16.7.